The van der Waals surface area contributed by atoms with Crippen LogP contribution in [0.2, 0.25) is 0 Å². The Hall–Kier alpha value is -1.97. The zero-order valence-electron chi connectivity index (χ0n) is 13.7. The maximum Gasteiger partial charge on any atom is 0.107 e. The van der Waals surface area contributed by atoms with Gasteiger partial charge >= 0.3 is 0 Å². The molecule has 0 spiro atoms. The van der Waals surface area contributed by atoms with Crippen molar-refractivity contribution in [1.29, 1.82) is 0 Å². The molecule has 2 aromatic carbocycles. The molecule has 3 aromatic rings. The molecule has 2 aliphatic rings. The van der Waals surface area contributed by atoms with Gasteiger partial charge in [-0.15, -0.1) is 11.3 Å². The van der Waals surface area contributed by atoms with E-state index in [2.05, 4.69) is 52.7 Å². The zero-order chi connectivity index (χ0) is 15.9. The van der Waals surface area contributed by atoms with Gasteiger partial charge in [-0.05, 0) is 60.7 Å². The Morgan fingerprint density at radius 2 is 1.79 bits per heavy atom. The second-order valence-electron chi connectivity index (χ2n) is 6.82. The molecule has 2 heterocycles. The lowest BCUT2D eigenvalue weighted by atomic mass is 10.0. The van der Waals surface area contributed by atoms with E-state index >= 15 is 0 Å². The number of rotatable bonds is 3. The van der Waals surface area contributed by atoms with Crippen molar-refractivity contribution in [1.82, 2.24) is 9.88 Å². The largest absolute Gasteiger partial charge is 0.297 e. The van der Waals surface area contributed by atoms with E-state index in [-0.39, 0.29) is 0 Å². The van der Waals surface area contributed by atoms with Gasteiger partial charge in [0.25, 0.3) is 0 Å². The van der Waals surface area contributed by atoms with Crippen molar-refractivity contribution in [3.63, 3.8) is 0 Å². The van der Waals surface area contributed by atoms with Crippen LogP contribution in [0.1, 0.15) is 29.0 Å². The summed E-state index contributed by atoms with van der Waals surface area (Å²) in [4.78, 5) is 7.42. The number of benzene rings is 2. The molecule has 2 nitrogen and oxygen atoms in total. The van der Waals surface area contributed by atoms with Crippen LogP contribution in [0, 0.1) is 0 Å². The molecule has 0 bridgehead atoms. The van der Waals surface area contributed by atoms with Crippen molar-refractivity contribution in [2.24, 2.45) is 0 Å². The topological polar surface area (TPSA) is 16.1 Å². The highest BCUT2D eigenvalue weighted by atomic mass is 32.1. The van der Waals surface area contributed by atoms with Gasteiger partial charge in [-0.1, -0.05) is 36.4 Å². The number of aromatic nitrogens is 1. The van der Waals surface area contributed by atoms with E-state index in [1.54, 1.807) is 11.3 Å². The lowest BCUT2D eigenvalue weighted by molar-refractivity contribution is 0.331. The van der Waals surface area contributed by atoms with E-state index in [9.17, 15) is 0 Å². The summed E-state index contributed by atoms with van der Waals surface area (Å²) in [6.07, 6.45) is 3.73. The third-order valence-corrected chi connectivity index (χ3v) is 6.04. The summed E-state index contributed by atoms with van der Waals surface area (Å²) in [6.45, 7) is 3.47. The Kier molecular flexibility index (Phi) is 3.50. The van der Waals surface area contributed by atoms with Crippen LogP contribution in [-0.2, 0) is 13.0 Å². The Morgan fingerprint density at radius 3 is 2.71 bits per heavy atom. The zero-order valence-corrected chi connectivity index (χ0v) is 14.5. The third-order valence-electron chi connectivity index (χ3n) is 5.20. The average Bonchev–Trinajstić information content (AvgIpc) is 3.34. The molecule has 1 aromatic heterocycles. The van der Waals surface area contributed by atoms with Crippen LogP contribution >= 0.6 is 11.3 Å². The van der Waals surface area contributed by atoms with Crippen LogP contribution in [0.15, 0.2) is 47.8 Å². The minimum Gasteiger partial charge on any atom is -0.297 e. The minimum atomic E-state index is 1.01. The van der Waals surface area contributed by atoms with Crippen LogP contribution in [-0.4, -0.2) is 23.0 Å². The molecule has 5 rings (SSSR count). The van der Waals surface area contributed by atoms with Gasteiger partial charge in [-0.3, -0.25) is 4.90 Å². The van der Waals surface area contributed by atoms with E-state index in [1.807, 2.05) is 0 Å². The van der Waals surface area contributed by atoms with Crippen molar-refractivity contribution in [2.45, 2.75) is 25.8 Å². The van der Waals surface area contributed by atoms with E-state index in [0.717, 1.165) is 18.7 Å². The molecular formula is C21H20N2S. The van der Waals surface area contributed by atoms with Crippen molar-refractivity contribution < 1.29 is 0 Å². The molecule has 1 aliphatic carbocycles. The number of hydrogen-bond acceptors (Lipinski definition) is 3. The monoisotopic (exact) mass is 332 g/mol. The molecule has 1 fully saturated rings. The van der Waals surface area contributed by atoms with Crippen LogP contribution in [0.5, 0.6) is 0 Å². The summed E-state index contributed by atoms with van der Waals surface area (Å²) in [7, 11) is 0. The van der Waals surface area contributed by atoms with Crippen molar-refractivity contribution >= 4 is 11.3 Å². The maximum absolute atomic E-state index is 4.90. The molecule has 0 amide bonds. The average molecular weight is 332 g/mol. The Bertz CT molecular complexity index is 890. The predicted octanol–water partition coefficient (Wildman–Crippen LogP) is 4.98. The number of fused-ring (bicyclic) bond motifs is 3. The Balaban J connectivity index is 1.45. The number of likely N-dealkylation sites (tertiary alicyclic amines) is 1. The van der Waals surface area contributed by atoms with Crippen LogP contribution in [0.3, 0.4) is 0 Å². The number of nitrogens with zero attached hydrogens (tertiary/aromatic N) is 2. The standard InChI is InChI=1S/C21H20N2S/c1-2-6-18-15(5-1)11-16-7-8-17(12-19(16)18)20-14-24-21(22-20)13-23-9-3-4-10-23/h1-2,5-8,12,14H,3-4,9-11,13H2. The Labute approximate surface area is 146 Å². The van der Waals surface area contributed by atoms with Crippen LogP contribution in [0.4, 0.5) is 0 Å². The lowest BCUT2D eigenvalue weighted by Gasteiger charge is -2.11. The van der Waals surface area contributed by atoms with Gasteiger partial charge in [-0.2, -0.15) is 0 Å². The quantitative estimate of drug-likeness (QED) is 0.526. The summed E-state index contributed by atoms with van der Waals surface area (Å²) in [6, 6.07) is 15.6. The molecule has 120 valence electrons. The molecule has 24 heavy (non-hydrogen) atoms. The van der Waals surface area contributed by atoms with Crippen molar-refractivity contribution in [3.05, 3.63) is 64.0 Å². The van der Waals surface area contributed by atoms with E-state index in [4.69, 9.17) is 4.98 Å². The first-order valence-corrected chi connectivity index (χ1v) is 9.63. The van der Waals surface area contributed by atoms with Gasteiger partial charge < -0.3 is 0 Å². The summed E-state index contributed by atoms with van der Waals surface area (Å²) in [5, 5.41) is 3.46. The molecule has 0 unspecified atom stereocenters. The van der Waals surface area contributed by atoms with Gasteiger partial charge in [0, 0.05) is 10.9 Å². The molecule has 0 radical (unpaired) electrons. The second kappa shape index (κ2) is 5.83. The van der Waals surface area contributed by atoms with Gasteiger partial charge in [-0.25, -0.2) is 4.98 Å². The normalized spacial score (nSPS) is 16.3. The van der Waals surface area contributed by atoms with Crippen LogP contribution < -0.4 is 0 Å². The summed E-state index contributed by atoms with van der Waals surface area (Å²) in [5.74, 6) is 0. The maximum atomic E-state index is 4.90. The SMILES string of the molecule is c1ccc2c(c1)Cc1ccc(-c3csc(CN4CCCC4)n3)cc1-2. The fourth-order valence-corrected chi connectivity index (χ4v) is 4.78. The first-order valence-electron chi connectivity index (χ1n) is 8.75. The van der Waals surface area contributed by atoms with Gasteiger partial charge in [0.1, 0.15) is 5.01 Å². The summed E-state index contributed by atoms with van der Waals surface area (Å²) < 4.78 is 0. The predicted molar refractivity (Wildman–Crippen MR) is 100 cm³/mol. The first kappa shape index (κ1) is 14.4. The molecule has 0 N–H and O–H groups in total. The highest BCUT2D eigenvalue weighted by molar-refractivity contribution is 7.09. The molecule has 1 saturated heterocycles. The molecule has 3 heteroatoms. The van der Waals surface area contributed by atoms with Gasteiger partial charge in [0.05, 0.1) is 12.2 Å². The summed E-state index contributed by atoms with van der Waals surface area (Å²) >= 11 is 1.80. The fraction of sp³-hybridized carbons (Fsp3) is 0.286. The van der Waals surface area contributed by atoms with E-state index in [1.165, 1.54) is 58.8 Å². The Morgan fingerprint density at radius 1 is 0.958 bits per heavy atom. The van der Waals surface area contributed by atoms with Crippen LogP contribution in [0.25, 0.3) is 22.4 Å². The van der Waals surface area contributed by atoms with Crippen molar-refractivity contribution in [2.75, 3.05) is 13.1 Å². The van der Waals surface area contributed by atoms with E-state index in [0.29, 0.717) is 0 Å². The molecular weight excluding hydrogens is 312 g/mol. The number of hydrogen-bond donors (Lipinski definition) is 0. The molecule has 0 atom stereocenters. The smallest absolute Gasteiger partial charge is 0.107 e. The van der Waals surface area contributed by atoms with Crippen molar-refractivity contribution in [3.8, 4) is 22.4 Å². The second-order valence-corrected chi connectivity index (χ2v) is 7.76. The fourth-order valence-electron chi connectivity index (χ4n) is 3.93. The lowest BCUT2D eigenvalue weighted by Crippen LogP contribution is -2.18. The minimum absolute atomic E-state index is 1.01. The highest BCUT2D eigenvalue weighted by Gasteiger charge is 2.19. The summed E-state index contributed by atoms with van der Waals surface area (Å²) in [5.41, 5.74) is 8.03. The molecule has 1 aliphatic heterocycles. The molecule has 0 saturated carbocycles. The highest BCUT2D eigenvalue weighted by Crippen LogP contribution is 2.38. The van der Waals surface area contributed by atoms with Gasteiger partial charge in [0.15, 0.2) is 0 Å². The first-order chi connectivity index (χ1) is 11.9. The van der Waals surface area contributed by atoms with E-state index < -0.39 is 0 Å². The third kappa shape index (κ3) is 2.48. The van der Waals surface area contributed by atoms with Gasteiger partial charge in [0.2, 0.25) is 0 Å². The number of thiazole rings is 1.